The average Bonchev–Trinajstić information content (AvgIpc) is 3.81. The van der Waals surface area contributed by atoms with Gasteiger partial charge in [-0.1, -0.05) is 41.9 Å². The maximum atomic E-state index is 10.6. The lowest BCUT2D eigenvalue weighted by Crippen LogP contribution is -2.36. The number of rotatable bonds is 16. The number of para-hydroxylation sites is 1. The average molecular weight is 949 g/mol. The normalized spacial score (nSPS) is 14.9. The van der Waals surface area contributed by atoms with Gasteiger partial charge in [-0.25, -0.2) is 14.8 Å². The van der Waals surface area contributed by atoms with Crippen LogP contribution < -0.4 is 24.3 Å². The van der Waals surface area contributed by atoms with Crippen molar-refractivity contribution in [2.75, 3.05) is 105 Å². The molecule has 0 spiro atoms. The van der Waals surface area contributed by atoms with Gasteiger partial charge in [0.15, 0.2) is 11.6 Å². The second-order valence-electron chi connectivity index (χ2n) is 16.2. The fraction of sp³-hybridized carbons (Fsp3) is 0.489. The summed E-state index contributed by atoms with van der Waals surface area (Å²) in [6.07, 6.45) is 7.79. The summed E-state index contributed by atoms with van der Waals surface area (Å²) >= 11 is 8.08. The van der Waals surface area contributed by atoms with Gasteiger partial charge in [-0.3, -0.25) is 9.69 Å². The van der Waals surface area contributed by atoms with Gasteiger partial charge >= 0.3 is 11.9 Å². The first-order valence-corrected chi connectivity index (χ1v) is 23.9. The molecule has 8 rings (SSSR count). The molecule has 66 heavy (non-hydrogen) atoms. The highest BCUT2D eigenvalue weighted by Gasteiger charge is 2.27. The van der Waals surface area contributed by atoms with Crippen LogP contribution >= 0.6 is 22.9 Å². The van der Waals surface area contributed by atoms with Crippen molar-refractivity contribution in [3.05, 3.63) is 86.6 Å². The van der Waals surface area contributed by atoms with Gasteiger partial charge in [0.25, 0.3) is 0 Å². The minimum atomic E-state index is -1.11. The first-order chi connectivity index (χ1) is 32.1. The molecule has 17 nitrogen and oxygen atoms in total. The van der Waals surface area contributed by atoms with E-state index in [9.17, 15) is 30.0 Å². The molecule has 2 saturated heterocycles. The molecule has 356 valence electrons. The summed E-state index contributed by atoms with van der Waals surface area (Å²) in [6.45, 7) is 8.75. The molecule has 3 aliphatic rings. The number of hydrogen-bond acceptors (Lipinski definition) is 17. The lowest BCUT2D eigenvalue weighted by Gasteiger charge is -2.33. The highest BCUT2D eigenvalue weighted by molar-refractivity contribution is 7.10. The molecule has 5 N–H and O–H groups in total. The number of aromatic carboxylic acids is 1. The maximum Gasteiger partial charge on any atom is 0.339 e. The number of carboxylic acid groups (broad SMARTS) is 1. The molecule has 0 unspecified atom stereocenters. The number of aliphatic hydroxyl groups excluding tert-OH is 4. The van der Waals surface area contributed by atoms with Gasteiger partial charge in [-0.05, 0) is 85.7 Å². The van der Waals surface area contributed by atoms with E-state index in [1.54, 1.807) is 26.8 Å². The lowest BCUT2D eigenvalue weighted by molar-refractivity contribution is -0.131. The van der Waals surface area contributed by atoms with E-state index in [-0.39, 0.29) is 37.7 Å². The zero-order chi connectivity index (χ0) is 46.8. The Morgan fingerprint density at radius 2 is 1.21 bits per heavy atom. The number of fused-ring (bicyclic) bond motifs is 2. The number of aliphatic hydroxyl groups is 4. The van der Waals surface area contributed by atoms with Gasteiger partial charge in [0.2, 0.25) is 11.9 Å². The van der Waals surface area contributed by atoms with Crippen molar-refractivity contribution in [1.82, 2.24) is 24.8 Å². The van der Waals surface area contributed by atoms with Crippen LogP contribution in [-0.2, 0) is 24.3 Å². The number of ether oxygens (including phenoxy) is 1. The van der Waals surface area contributed by atoms with Crippen molar-refractivity contribution in [2.24, 2.45) is 0 Å². The third-order valence-corrected chi connectivity index (χ3v) is 12.8. The van der Waals surface area contributed by atoms with Gasteiger partial charge in [0, 0.05) is 88.8 Å². The van der Waals surface area contributed by atoms with E-state index in [1.807, 2.05) is 23.5 Å². The third-order valence-electron chi connectivity index (χ3n) is 11.4. The Kier molecular flexibility index (Phi) is 19.5. The van der Waals surface area contributed by atoms with Crippen LogP contribution in [0.1, 0.15) is 71.8 Å². The van der Waals surface area contributed by atoms with Crippen LogP contribution in [0.25, 0.3) is 11.0 Å². The quantitative estimate of drug-likeness (QED) is 0.0631. The molecule has 2 fully saturated rings. The highest BCUT2D eigenvalue weighted by Crippen LogP contribution is 2.35. The van der Waals surface area contributed by atoms with Crippen molar-refractivity contribution < 1.29 is 39.9 Å². The number of piperidine rings is 2. The summed E-state index contributed by atoms with van der Waals surface area (Å²) in [6, 6.07) is 16.4. The Morgan fingerprint density at radius 3 is 1.71 bits per heavy atom. The van der Waals surface area contributed by atoms with E-state index in [4.69, 9.17) is 36.6 Å². The van der Waals surface area contributed by atoms with E-state index in [1.165, 1.54) is 49.4 Å². The van der Waals surface area contributed by atoms with Crippen molar-refractivity contribution in [3.8, 4) is 5.75 Å². The number of anilines is 4. The van der Waals surface area contributed by atoms with Gasteiger partial charge in [-0.15, -0.1) is 11.3 Å². The molecule has 2 aromatic carbocycles. The zero-order valence-electron chi connectivity index (χ0n) is 37.6. The first-order valence-electron chi connectivity index (χ1n) is 22.7. The fourth-order valence-electron chi connectivity index (χ4n) is 8.20. The van der Waals surface area contributed by atoms with Crippen LogP contribution in [0.4, 0.5) is 23.5 Å². The second kappa shape index (κ2) is 25.6. The van der Waals surface area contributed by atoms with Crippen LogP contribution in [0.5, 0.6) is 5.75 Å². The number of thiophene rings is 1. The highest BCUT2D eigenvalue weighted by atomic mass is 35.5. The van der Waals surface area contributed by atoms with E-state index in [0.29, 0.717) is 49.1 Å². The van der Waals surface area contributed by atoms with Crippen molar-refractivity contribution in [1.29, 1.82) is 0 Å². The van der Waals surface area contributed by atoms with E-state index in [2.05, 4.69) is 43.0 Å². The SMILES string of the molecule is CC(=O)Oc1ccccc1C(=O)O.Clc1ccccc1CN1CCc2sccc2C1.OCCN(CCO)c1nc(N2CCCCC2)c2nc(N(CCO)CCO)nc(N3CCCCC3)c2n1. The summed E-state index contributed by atoms with van der Waals surface area (Å²) in [5.74, 6) is 0.774. The summed E-state index contributed by atoms with van der Waals surface area (Å²) < 4.78 is 4.69. The molecule has 5 aromatic rings. The van der Waals surface area contributed by atoms with Crippen molar-refractivity contribution in [3.63, 3.8) is 0 Å². The molecule has 6 heterocycles. The van der Waals surface area contributed by atoms with Gasteiger partial charge < -0.3 is 49.9 Å². The summed E-state index contributed by atoms with van der Waals surface area (Å²) in [7, 11) is 0. The third kappa shape index (κ3) is 13.7. The minimum Gasteiger partial charge on any atom is -0.478 e. The largest absolute Gasteiger partial charge is 0.478 e. The molecule has 19 heteroatoms. The summed E-state index contributed by atoms with van der Waals surface area (Å²) in [5.41, 5.74) is 4.01. The van der Waals surface area contributed by atoms with Crippen LogP contribution in [0.3, 0.4) is 0 Å². The predicted molar refractivity (Wildman–Crippen MR) is 258 cm³/mol. The van der Waals surface area contributed by atoms with E-state index >= 15 is 0 Å². The summed E-state index contributed by atoms with van der Waals surface area (Å²) in [4.78, 5) is 53.0. The molecule has 3 aromatic heterocycles. The zero-order valence-corrected chi connectivity index (χ0v) is 39.2. The number of hydrogen-bond donors (Lipinski definition) is 5. The Hall–Kier alpha value is -5.21. The van der Waals surface area contributed by atoms with Crippen LogP contribution in [-0.4, -0.2) is 148 Å². The first kappa shape index (κ1) is 50.2. The number of carboxylic acids is 1. The van der Waals surface area contributed by atoms with E-state index in [0.717, 1.165) is 88.2 Å². The number of carbonyl (C=O) groups excluding carboxylic acids is 1. The number of aromatic nitrogens is 4. The molecule has 0 aliphatic carbocycles. The number of benzene rings is 2. The maximum absolute atomic E-state index is 10.6. The molecular formula is C47H62ClN9O8S. The number of halogens is 1. The standard InChI is InChI=1S/C24H40N8O4.C14H14ClNS.C9H8O4/c33-15-11-31(12-16-34)23-26-20-19(21(27-23)29-7-3-1-4-8-29)25-24(32(13-17-35)14-18-36)28-22(20)30-9-5-2-6-10-30;15-13-4-2-1-3-11(13)9-16-7-5-14-12(10-16)6-8-17-14;1-6(10)13-8-5-3-2-4-7(8)9(11)12/h33-36H,1-18H2;1-4,6,8H,5,7,9-10H2;2-5H,1H3,(H,11,12). The number of esters is 1. The minimum absolute atomic E-state index is 0.0160. The molecule has 0 radical (unpaired) electrons. The van der Waals surface area contributed by atoms with Gasteiger partial charge in [0.05, 0.1) is 26.4 Å². The molecule has 0 atom stereocenters. The van der Waals surface area contributed by atoms with Crippen LogP contribution in [0.15, 0.2) is 60.0 Å². The van der Waals surface area contributed by atoms with Crippen molar-refractivity contribution in [2.45, 2.75) is 65.0 Å². The Balaban J connectivity index is 0.000000196. The Labute approximate surface area is 394 Å². The monoisotopic (exact) mass is 947 g/mol. The van der Waals surface area contributed by atoms with Gasteiger partial charge in [-0.2, -0.15) is 9.97 Å². The number of nitrogens with zero attached hydrogens (tertiary/aromatic N) is 9. The van der Waals surface area contributed by atoms with Gasteiger partial charge in [0.1, 0.15) is 22.3 Å². The molecule has 0 bridgehead atoms. The summed E-state index contributed by atoms with van der Waals surface area (Å²) in [5, 5.41) is 50.3. The second-order valence-corrected chi connectivity index (χ2v) is 17.6. The smallest absolute Gasteiger partial charge is 0.339 e. The topological polar surface area (TPSA) is 212 Å². The predicted octanol–water partition coefficient (Wildman–Crippen LogP) is 5.25. The molecule has 3 aliphatic heterocycles. The lowest BCUT2D eigenvalue weighted by atomic mass is 10.1. The van der Waals surface area contributed by atoms with Crippen LogP contribution in [0, 0.1) is 0 Å². The van der Waals surface area contributed by atoms with E-state index < -0.39 is 11.9 Å². The fourth-order valence-corrected chi connectivity index (χ4v) is 9.29. The van der Waals surface area contributed by atoms with Crippen molar-refractivity contribution >= 4 is 69.4 Å². The van der Waals surface area contributed by atoms with Crippen LogP contribution in [0.2, 0.25) is 5.02 Å². The molecular weight excluding hydrogens is 886 g/mol. The Bertz CT molecular complexity index is 2240. The molecule has 0 saturated carbocycles. The Morgan fingerprint density at radius 1 is 0.697 bits per heavy atom. The number of carbonyl (C=O) groups is 2. The molecule has 0 amide bonds.